The first kappa shape index (κ1) is 35.8. The van der Waals surface area contributed by atoms with Gasteiger partial charge in [-0.3, -0.25) is 14.4 Å². The van der Waals surface area contributed by atoms with Gasteiger partial charge in [-0.05, 0) is 73.4 Å². The predicted molar refractivity (Wildman–Crippen MR) is 210 cm³/mol. The van der Waals surface area contributed by atoms with E-state index in [1.165, 1.54) is 11.3 Å². The van der Waals surface area contributed by atoms with E-state index >= 15 is 0 Å². The highest BCUT2D eigenvalue weighted by Crippen LogP contribution is 2.44. The second kappa shape index (κ2) is 14.3. The number of nitrogens with one attached hydrogen (secondary N) is 1. The normalized spacial score (nSPS) is 15.8. The molecule has 282 valence electrons. The Balaban J connectivity index is 0.925. The lowest BCUT2D eigenvalue weighted by Gasteiger charge is -2.53. The Morgan fingerprint density at radius 2 is 1.57 bits per heavy atom. The summed E-state index contributed by atoms with van der Waals surface area (Å²) in [6, 6.07) is 26.7. The molecule has 3 aliphatic heterocycles. The molecule has 0 saturated carbocycles. The van der Waals surface area contributed by atoms with Gasteiger partial charge in [-0.15, -0.1) is 11.3 Å². The maximum atomic E-state index is 14.3. The highest BCUT2D eigenvalue weighted by Gasteiger charge is 2.45. The van der Waals surface area contributed by atoms with Crippen LogP contribution < -0.4 is 15.1 Å². The first-order chi connectivity index (χ1) is 27.1. The summed E-state index contributed by atoms with van der Waals surface area (Å²) in [4.78, 5) is 51.1. The maximum absolute atomic E-state index is 14.3. The number of carbonyl (C=O) groups is 3. The lowest BCUT2D eigenvalue weighted by molar-refractivity contribution is -0.000492. The number of hydrogen-bond donors (Lipinski definition) is 1. The van der Waals surface area contributed by atoms with Crippen LogP contribution in [-0.4, -0.2) is 55.4 Å². The van der Waals surface area contributed by atoms with Gasteiger partial charge in [-0.2, -0.15) is 0 Å². The summed E-state index contributed by atoms with van der Waals surface area (Å²) < 4.78 is 47.7. The Bertz CT molecular complexity index is 2520. The number of thiophene rings is 1. The lowest BCUT2D eigenvalue weighted by atomic mass is 9.73. The molecule has 2 aromatic heterocycles. The summed E-state index contributed by atoms with van der Waals surface area (Å²) in [6.45, 7) is 3.47. The average Bonchev–Trinajstić information content (AvgIpc) is 3.56. The fourth-order valence-electron chi connectivity index (χ4n) is 8.03. The number of amides is 2. The molecular formula is C44H35F3N4O4S. The molecule has 9 rings (SSSR count). The lowest BCUT2D eigenvalue weighted by Crippen LogP contribution is -2.59. The van der Waals surface area contributed by atoms with Gasteiger partial charge in [0.05, 0.1) is 21.6 Å². The van der Waals surface area contributed by atoms with Gasteiger partial charge in [0.1, 0.15) is 23.3 Å². The molecule has 4 aromatic carbocycles. The Labute approximate surface area is 324 Å². The summed E-state index contributed by atoms with van der Waals surface area (Å²) in [6.07, 6.45) is 1.88. The van der Waals surface area contributed by atoms with Gasteiger partial charge in [0.25, 0.3) is 11.8 Å². The number of para-hydroxylation sites is 2. The minimum absolute atomic E-state index is 0.194. The van der Waals surface area contributed by atoms with Gasteiger partial charge in [0.15, 0.2) is 5.78 Å². The number of anilines is 3. The first-order valence-corrected chi connectivity index (χ1v) is 19.3. The van der Waals surface area contributed by atoms with Crippen LogP contribution in [0.5, 0.6) is 0 Å². The van der Waals surface area contributed by atoms with E-state index in [0.717, 1.165) is 66.1 Å². The Hall–Kier alpha value is -5.85. The molecule has 6 aromatic rings. The van der Waals surface area contributed by atoms with Crippen molar-refractivity contribution in [2.75, 3.05) is 48.0 Å². The third-order valence-electron chi connectivity index (χ3n) is 11.1. The molecule has 0 aliphatic carbocycles. The molecule has 0 bridgehead atoms. The van der Waals surface area contributed by atoms with Crippen LogP contribution in [-0.2, 0) is 17.6 Å². The number of Topliss-reactive ketones (excluding diaryl/α,β-unsaturated/α-hetero) is 1. The van der Waals surface area contributed by atoms with E-state index in [1.54, 1.807) is 35.2 Å². The molecule has 2 amide bonds. The van der Waals surface area contributed by atoms with Crippen molar-refractivity contribution in [3.63, 3.8) is 0 Å². The van der Waals surface area contributed by atoms with Crippen LogP contribution in [0.15, 0.2) is 97.1 Å². The third kappa shape index (κ3) is 6.62. The number of nitrogens with zero attached hydrogens (tertiary/aromatic N) is 3. The number of benzene rings is 4. The van der Waals surface area contributed by atoms with Crippen LogP contribution in [0.3, 0.4) is 0 Å². The van der Waals surface area contributed by atoms with E-state index in [1.807, 2.05) is 54.6 Å². The number of ketones is 1. The van der Waals surface area contributed by atoms with Crippen LogP contribution in [0, 0.1) is 22.9 Å². The molecule has 1 N–H and O–H groups in total. The topological polar surface area (TPSA) is 91.8 Å². The van der Waals surface area contributed by atoms with Gasteiger partial charge in [0, 0.05) is 89.5 Å². The number of ether oxygens (including phenoxy) is 1. The number of rotatable bonds is 7. The highest BCUT2D eigenvalue weighted by atomic mass is 32.1. The van der Waals surface area contributed by atoms with E-state index < -0.39 is 35.2 Å². The number of carbonyl (C=O) groups excluding carboxylic acids is 3. The van der Waals surface area contributed by atoms with Crippen molar-refractivity contribution in [3.05, 3.63) is 142 Å². The molecule has 1 spiro atoms. The molecule has 0 atom stereocenters. The minimum Gasteiger partial charge on any atom is -0.381 e. The number of hydrogen-bond acceptors (Lipinski definition) is 7. The molecule has 56 heavy (non-hydrogen) atoms. The number of halogens is 3. The summed E-state index contributed by atoms with van der Waals surface area (Å²) >= 11 is 1.20. The quantitative estimate of drug-likeness (QED) is 0.163. The van der Waals surface area contributed by atoms with Crippen molar-refractivity contribution in [1.29, 1.82) is 0 Å². The number of aromatic nitrogens is 1. The summed E-state index contributed by atoms with van der Waals surface area (Å²) in [5, 5.41) is 3.89. The van der Waals surface area contributed by atoms with E-state index in [4.69, 9.17) is 9.72 Å². The van der Waals surface area contributed by atoms with Crippen LogP contribution in [0.2, 0.25) is 0 Å². The Morgan fingerprint density at radius 1 is 0.857 bits per heavy atom. The predicted octanol–water partition coefficient (Wildman–Crippen LogP) is 8.88. The minimum atomic E-state index is -1.11. The largest absolute Gasteiger partial charge is 0.381 e. The van der Waals surface area contributed by atoms with Gasteiger partial charge < -0.3 is 19.9 Å². The van der Waals surface area contributed by atoms with E-state index in [2.05, 4.69) is 10.2 Å². The number of pyridine rings is 1. The third-order valence-corrected chi connectivity index (χ3v) is 12.3. The molecule has 8 nitrogen and oxygen atoms in total. The van der Waals surface area contributed by atoms with E-state index in [9.17, 15) is 27.6 Å². The zero-order valence-corrected chi connectivity index (χ0v) is 30.9. The van der Waals surface area contributed by atoms with Crippen LogP contribution in [0.25, 0.3) is 21.3 Å². The number of fused-ring (bicyclic) bond motifs is 4. The van der Waals surface area contributed by atoms with Gasteiger partial charge in [0.2, 0.25) is 0 Å². The Morgan fingerprint density at radius 3 is 2.34 bits per heavy atom. The van der Waals surface area contributed by atoms with Crippen molar-refractivity contribution in [1.82, 2.24) is 4.98 Å². The van der Waals surface area contributed by atoms with Gasteiger partial charge in [-0.1, -0.05) is 36.4 Å². The Kier molecular flexibility index (Phi) is 9.17. The van der Waals surface area contributed by atoms with E-state index in [-0.39, 0.29) is 17.2 Å². The molecule has 0 radical (unpaired) electrons. The van der Waals surface area contributed by atoms with Crippen LogP contribution in [0.1, 0.15) is 54.4 Å². The molecule has 0 unspecified atom stereocenters. The van der Waals surface area contributed by atoms with Crippen LogP contribution in [0.4, 0.5) is 30.4 Å². The SMILES string of the molecule is O=C(Cc1c(F)cc(F)cc1F)c1cc2c(s1)-c1ccccc1N(C(=O)c1ccc(NC(=O)c3cc4ccccc4nc3N3CC4(CCOCC4)C3)cc1)CC2. The van der Waals surface area contributed by atoms with Crippen molar-refractivity contribution in [2.24, 2.45) is 5.41 Å². The molecule has 2 fully saturated rings. The summed E-state index contributed by atoms with van der Waals surface area (Å²) in [5.74, 6) is -3.61. The van der Waals surface area contributed by atoms with Crippen molar-refractivity contribution < 1.29 is 32.3 Å². The van der Waals surface area contributed by atoms with Crippen LogP contribution >= 0.6 is 11.3 Å². The zero-order valence-electron chi connectivity index (χ0n) is 30.1. The average molecular weight is 773 g/mol. The fourth-order valence-corrected chi connectivity index (χ4v) is 9.21. The molecule has 3 aliphatic rings. The standard InChI is InChI=1S/C44H35F3N4O4S/c45-29-21-34(46)32(35(47)22-29)23-38(52)39-20-28-13-16-51(37-8-4-2-6-31(37)40(28)56-39)43(54)26-9-11-30(12-10-26)48-42(53)33-19-27-5-1-3-7-36(27)49-41(33)50-24-44(25-50)14-17-55-18-15-44/h1-12,19-22H,13-18,23-25H2,(H,48,53). The highest BCUT2D eigenvalue weighted by molar-refractivity contribution is 7.17. The maximum Gasteiger partial charge on any atom is 0.259 e. The molecule has 2 saturated heterocycles. The fraction of sp³-hybridized carbons (Fsp3) is 0.227. The summed E-state index contributed by atoms with van der Waals surface area (Å²) in [7, 11) is 0. The smallest absolute Gasteiger partial charge is 0.259 e. The first-order valence-electron chi connectivity index (χ1n) is 18.5. The second-order valence-electron chi connectivity index (χ2n) is 14.7. The monoisotopic (exact) mass is 772 g/mol. The van der Waals surface area contributed by atoms with E-state index in [0.29, 0.717) is 58.3 Å². The second-order valence-corrected chi connectivity index (χ2v) is 15.7. The summed E-state index contributed by atoms with van der Waals surface area (Å²) in [5.41, 5.74) is 4.24. The molecular weight excluding hydrogens is 738 g/mol. The molecule has 12 heteroatoms. The van der Waals surface area contributed by atoms with Crippen molar-refractivity contribution >= 4 is 57.0 Å². The van der Waals surface area contributed by atoms with Crippen molar-refractivity contribution in [2.45, 2.75) is 25.7 Å². The van der Waals surface area contributed by atoms with Gasteiger partial charge >= 0.3 is 0 Å². The molecule has 5 heterocycles. The zero-order chi connectivity index (χ0) is 38.6. The van der Waals surface area contributed by atoms with Crippen molar-refractivity contribution in [3.8, 4) is 10.4 Å². The van der Waals surface area contributed by atoms with Gasteiger partial charge in [-0.25, -0.2) is 18.2 Å².